The third kappa shape index (κ3) is 4.56. The molecule has 0 unspecified atom stereocenters. The summed E-state index contributed by atoms with van der Waals surface area (Å²) < 4.78 is 0. The molecule has 5 nitrogen and oxygen atoms in total. The summed E-state index contributed by atoms with van der Waals surface area (Å²) in [6.07, 6.45) is 0.936. The Bertz CT molecular complexity index is 496. The highest BCUT2D eigenvalue weighted by atomic mass is 16.2. The Kier molecular flexibility index (Phi) is 5.95. The van der Waals surface area contributed by atoms with Gasteiger partial charge >= 0.3 is 0 Å². The molecule has 1 aromatic carbocycles. The van der Waals surface area contributed by atoms with Crippen LogP contribution in [-0.4, -0.2) is 60.4 Å². The fourth-order valence-corrected chi connectivity index (χ4v) is 2.50. The van der Waals surface area contributed by atoms with Crippen LogP contribution >= 0.6 is 0 Å². The van der Waals surface area contributed by atoms with Gasteiger partial charge in [-0.2, -0.15) is 0 Å². The van der Waals surface area contributed by atoms with E-state index in [1.165, 1.54) is 0 Å². The number of benzene rings is 1. The van der Waals surface area contributed by atoms with Gasteiger partial charge in [-0.1, -0.05) is 25.1 Å². The molecule has 1 saturated heterocycles. The Balaban J connectivity index is 1.78. The van der Waals surface area contributed by atoms with E-state index < -0.39 is 0 Å². The molecule has 1 N–H and O–H groups in total. The number of hydrogen-bond acceptors (Lipinski definition) is 3. The lowest BCUT2D eigenvalue weighted by Gasteiger charge is -2.34. The maximum absolute atomic E-state index is 12.3. The van der Waals surface area contributed by atoms with Gasteiger partial charge in [0.2, 0.25) is 5.91 Å². The zero-order chi connectivity index (χ0) is 15.9. The van der Waals surface area contributed by atoms with Gasteiger partial charge in [0, 0.05) is 37.8 Å². The van der Waals surface area contributed by atoms with Gasteiger partial charge in [0.1, 0.15) is 0 Å². The summed E-state index contributed by atoms with van der Waals surface area (Å²) >= 11 is 0. The van der Waals surface area contributed by atoms with Gasteiger partial charge in [-0.15, -0.1) is 0 Å². The van der Waals surface area contributed by atoms with E-state index in [0.29, 0.717) is 19.6 Å². The van der Waals surface area contributed by atoms with E-state index >= 15 is 0 Å². The topological polar surface area (TPSA) is 52.7 Å². The molecule has 1 aliphatic rings. The van der Waals surface area contributed by atoms with E-state index in [9.17, 15) is 9.59 Å². The van der Waals surface area contributed by atoms with Crippen LogP contribution in [-0.2, 0) is 4.79 Å². The standard InChI is InChI=1S/C17H25N3O2/c1-3-14(2)18-16(21)13-19-9-11-20(12-10-19)17(22)15-7-5-4-6-8-15/h4-8,14H,3,9-13H2,1-2H3,(H,18,21)/t14-/m0/s1. The lowest BCUT2D eigenvalue weighted by molar-refractivity contribution is -0.123. The first-order valence-electron chi connectivity index (χ1n) is 7.96. The van der Waals surface area contributed by atoms with Crippen molar-refractivity contribution < 1.29 is 9.59 Å². The van der Waals surface area contributed by atoms with Crippen LogP contribution < -0.4 is 5.32 Å². The van der Waals surface area contributed by atoms with Crippen molar-refractivity contribution in [2.24, 2.45) is 0 Å². The second-order valence-corrected chi connectivity index (χ2v) is 5.81. The maximum atomic E-state index is 12.3. The van der Waals surface area contributed by atoms with Crippen LogP contribution in [0.4, 0.5) is 0 Å². The molecule has 2 rings (SSSR count). The average Bonchev–Trinajstić information content (AvgIpc) is 2.55. The molecule has 0 radical (unpaired) electrons. The van der Waals surface area contributed by atoms with E-state index in [2.05, 4.69) is 17.1 Å². The van der Waals surface area contributed by atoms with E-state index in [0.717, 1.165) is 25.1 Å². The molecule has 1 fully saturated rings. The number of piperazine rings is 1. The third-order valence-corrected chi connectivity index (χ3v) is 4.07. The van der Waals surface area contributed by atoms with E-state index in [-0.39, 0.29) is 17.9 Å². The van der Waals surface area contributed by atoms with Gasteiger partial charge < -0.3 is 10.2 Å². The molecule has 1 aromatic rings. The zero-order valence-corrected chi connectivity index (χ0v) is 13.4. The predicted octanol–water partition coefficient (Wildman–Crippen LogP) is 1.36. The van der Waals surface area contributed by atoms with Gasteiger partial charge in [0.15, 0.2) is 0 Å². The molecule has 1 aliphatic heterocycles. The van der Waals surface area contributed by atoms with E-state index in [1.807, 2.05) is 42.2 Å². The van der Waals surface area contributed by atoms with Crippen LogP contribution in [0, 0.1) is 0 Å². The summed E-state index contributed by atoms with van der Waals surface area (Å²) in [4.78, 5) is 28.2. The molecule has 1 atom stereocenters. The Hall–Kier alpha value is -1.88. The summed E-state index contributed by atoms with van der Waals surface area (Å²) in [5, 5.41) is 2.98. The third-order valence-electron chi connectivity index (χ3n) is 4.07. The Morgan fingerprint density at radius 2 is 1.77 bits per heavy atom. The second-order valence-electron chi connectivity index (χ2n) is 5.81. The van der Waals surface area contributed by atoms with Gasteiger partial charge in [-0.3, -0.25) is 14.5 Å². The van der Waals surface area contributed by atoms with Crippen molar-refractivity contribution >= 4 is 11.8 Å². The summed E-state index contributed by atoms with van der Waals surface area (Å²) in [6.45, 7) is 7.30. The highest BCUT2D eigenvalue weighted by molar-refractivity contribution is 5.94. The first-order chi connectivity index (χ1) is 10.6. The molecule has 22 heavy (non-hydrogen) atoms. The molecule has 0 aromatic heterocycles. The minimum atomic E-state index is 0.0668. The van der Waals surface area contributed by atoms with Gasteiger partial charge in [-0.05, 0) is 25.5 Å². The Morgan fingerprint density at radius 1 is 1.14 bits per heavy atom. The lowest BCUT2D eigenvalue weighted by atomic mass is 10.2. The average molecular weight is 303 g/mol. The Labute approximate surface area is 132 Å². The van der Waals surface area contributed by atoms with Crippen molar-refractivity contribution in [2.75, 3.05) is 32.7 Å². The van der Waals surface area contributed by atoms with Gasteiger partial charge in [0.05, 0.1) is 6.54 Å². The molecule has 0 aliphatic carbocycles. The summed E-state index contributed by atoms with van der Waals surface area (Å²) in [5.41, 5.74) is 0.727. The van der Waals surface area contributed by atoms with Gasteiger partial charge in [0.25, 0.3) is 5.91 Å². The second kappa shape index (κ2) is 7.94. The molecule has 120 valence electrons. The highest BCUT2D eigenvalue weighted by Crippen LogP contribution is 2.08. The van der Waals surface area contributed by atoms with Crippen LogP contribution in [0.2, 0.25) is 0 Å². The first kappa shape index (κ1) is 16.5. The van der Waals surface area contributed by atoms with Crippen molar-refractivity contribution in [3.63, 3.8) is 0 Å². The van der Waals surface area contributed by atoms with Crippen LogP contribution in [0.15, 0.2) is 30.3 Å². The lowest BCUT2D eigenvalue weighted by Crippen LogP contribution is -2.51. The smallest absolute Gasteiger partial charge is 0.253 e. The van der Waals surface area contributed by atoms with E-state index in [4.69, 9.17) is 0 Å². The zero-order valence-electron chi connectivity index (χ0n) is 13.4. The number of rotatable bonds is 5. The van der Waals surface area contributed by atoms with Crippen LogP contribution in [0.3, 0.4) is 0 Å². The number of carbonyl (C=O) groups is 2. The quantitative estimate of drug-likeness (QED) is 0.893. The molecule has 2 amide bonds. The van der Waals surface area contributed by atoms with Crippen molar-refractivity contribution in [1.82, 2.24) is 15.1 Å². The predicted molar refractivity (Wildman–Crippen MR) is 86.7 cm³/mol. The monoisotopic (exact) mass is 303 g/mol. The van der Waals surface area contributed by atoms with Crippen molar-refractivity contribution in [2.45, 2.75) is 26.3 Å². The molecular weight excluding hydrogens is 278 g/mol. The van der Waals surface area contributed by atoms with Crippen molar-refractivity contribution in [3.8, 4) is 0 Å². The molecule has 0 bridgehead atoms. The summed E-state index contributed by atoms with van der Waals surface area (Å²) in [7, 11) is 0. The number of carbonyl (C=O) groups excluding carboxylic acids is 2. The fraction of sp³-hybridized carbons (Fsp3) is 0.529. The van der Waals surface area contributed by atoms with Crippen molar-refractivity contribution in [3.05, 3.63) is 35.9 Å². The van der Waals surface area contributed by atoms with Crippen LogP contribution in [0.5, 0.6) is 0 Å². The largest absolute Gasteiger partial charge is 0.353 e. The fourth-order valence-electron chi connectivity index (χ4n) is 2.50. The number of amides is 2. The number of nitrogens with zero attached hydrogens (tertiary/aromatic N) is 2. The maximum Gasteiger partial charge on any atom is 0.253 e. The van der Waals surface area contributed by atoms with Crippen LogP contribution in [0.25, 0.3) is 0 Å². The summed E-state index contributed by atoms with van der Waals surface area (Å²) in [5.74, 6) is 0.140. The minimum absolute atomic E-state index is 0.0668. The molecule has 5 heteroatoms. The van der Waals surface area contributed by atoms with Crippen molar-refractivity contribution in [1.29, 1.82) is 0 Å². The summed E-state index contributed by atoms with van der Waals surface area (Å²) in [6, 6.07) is 9.56. The Morgan fingerprint density at radius 3 is 2.36 bits per heavy atom. The van der Waals surface area contributed by atoms with Crippen LogP contribution in [0.1, 0.15) is 30.6 Å². The molecule has 0 spiro atoms. The number of nitrogens with one attached hydrogen (secondary N) is 1. The molecular formula is C17H25N3O2. The number of hydrogen-bond donors (Lipinski definition) is 1. The SMILES string of the molecule is CC[C@H](C)NC(=O)CN1CCN(C(=O)c2ccccc2)CC1. The van der Waals surface area contributed by atoms with E-state index in [1.54, 1.807) is 0 Å². The van der Waals surface area contributed by atoms with Gasteiger partial charge in [-0.25, -0.2) is 0 Å². The minimum Gasteiger partial charge on any atom is -0.353 e. The first-order valence-corrected chi connectivity index (χ1v) is 7.96. The molecule has 0 saturated carbocycles. The normalized spacial score (nSPS) is 17.1. The molecule has 1 heterocycles. The highest BCUT2D eigenvalue weighted by Gasteiger charge is 2.23.